The number of aryl methyl sites for hydroxylation is 1. The van der Waals surface area contributed by atoms with E-state index >= 15 is 0 Å². The van der Waals surface area contributed by atoms with E-state index in [0.29, 0.717) is 28.6 Å². The number of nitrogens with one attached hydrogen (secondary N) is 1. The van der Waals surface area contributed by atoms with Crippen molar-refractivity contribution in [1.82, 2.24) is 4.98 Å². The summed E-state index contributed by atoms with van der Waals surface area (Å²) >= 11 is 1.61. The van der Waals surface area contributed by atoms with E-state index in [1.807, 2.05) is 31.2 Å². The Labute approximate surface area is 206 Å². The van der Waals surface area contributed by atoms with Crippen molar-refractivity contribution in [2.24, 2.45) is 0 Å². The number of thiazole rings is 1. The molecule has 35 heavy (non-hydrogen) atoms. The molecule has 174 valence electrons. The number of carbonyl (C=O) groups excluding carboxylic acids is 1. The van der Waals surface area contributed by atoms with Crippen LogP contribution in [-0.2, 0) is 10.0 Å². The minimum absolute atomic E-state index is 0.101. The number of rotatable bonds is 5. The number of sulfonamides is 1. The zero-order chi connectivity index (χ0) is 24.3. The number of hydrogen-bond acceptors (Lipinski definition) is 5. The maximum Gasteiger partial charge on any atom is 0.262 e. The topological polar surface area (TPSA) is 79.4 Å². The molecule has 0 fully saturated rings. The summed E-state index contributed by atoms with van der Waals surface area (Å²) in [6.07, 6.45) is 0. The number of benzene rings is 4. The number of amides is 1. The Bertz CT molecular complexity index is 1760. The van der Waals surface area contributed by atoms with E-state index in [-0.39, 0.29) is 10.8 Å². The van der Waals surface area contributed by atoms with Gasteiger partial charge in [-0.05, 0) is 74.0 Å². The highest BCUT2D eigenvalue weighted by atomic mass is 32.2. The smallest absolute Gasteiger partial charge is 0.262 e. The Morgan fingerprint density at radius 3 is 2.57 bits per heavy atom. The second-order valence-electron chi connectivity index (χ2n) is 8.53. The molecule has 0 unspecified atom stereocenters. The SMILES string of the molecule is CCN1C(=O)c2cccc3c(S(=O)(=O)Nc4ccc(-c5nc6ccc(C)cc6s5)cc4)ccc1c23. The highest BCUT2D eigenvalue weighted by molar-refractivity contribution is 7.93. The minimum Gasteiger partial charge on any atom is -0.308 e. The van der Waals surface area contributed by atoms with Crippen LogP contribution in [0.1, 0.15) is 22.8 Å². The van der Waals surface area contributed by atoms with Gasteiger partial charge in [-0.15, -0.1) is 11.3 Å². The van der Waals surface area contributed by atoms with E-state index in [1.165, 1.54) is 5.56 Å². The lowest BCUT2D eigenvalue weighted by atomic mass is 10.1. The van der Waals surface area contributed by atoms with Crippen molar-refractivity contribution in [3.05, 3.63) is 83.9 Å². The van der Waals surface area contributed by atoms with E-state index in [4.69, 9.17) is 4.98 Å². The van der Waals surface area contributed by atoms with E-state index in [0.717, 1.165) is 26.5 Å². The van der Waals surface area contributed by atoms with E-state index < -0.39 is 10.0 Å². The third-order valence-corrected chi connectivity index (χ3v) is 8.79. The molecular weight excluding hydrogens is 478 g/mol. The van der Waals surface area contributed by atoms with Crippen molar-refractivity contribution in [3.8, 4) is 10.6 Å². The van der Waals surface area contributed by atoms with Crippen molar-refractivity contribution >= 4 is 59.6 Å². The summed E-state index contributed by atoms with van der Waals surface area (Å²) in [6.45, 7) is 4.48. The van der Waals surface area contributed by atoms with Crippen LogP contribution in [-0.4, -0.2) is 25.9 Å². The number of fused-ring (bicyclic) bond motifs is 1. The van der Waals surface area contributed by atoms with Crippen LogP contribution in [0.4, 0.5) is 11.4 Å². The predicted molar refractivity (Wildman–Crippen MR) is 142 cm³/mol. The fourth-order valence-electron chi connectivity index (χ4n) is 4.61. The van der Waals surface area contributed by atoms with Crippen molar-refractivity contribution in [2.45, 2.75) is 18.7 Å². The number of hydrogen-bond donors (Lipinski definition) is 1. The van der Waals surface area contributed by atoms with E-state index in [2.05, 4.69) is 17.7 Å². The van der Waals surface area contributed by atoms with Crippen LogP contribution in [0, 0.1) is 6.92 Å². The Kier molecular flexibility index (Phi) is 4.91. The van der Waals surface area contributed by atoms with Gasteiger partial charge in [0.2, 0.25) is 0 Å². The molecule has 0 bridgehead atoms. The van der Waals surface area contributed by atoms with Gasteiger partial charge in [0.15, 0.2) is 0 Å². The average molecular weight is 500 g/mol. The van der Waals surface area contributed by atoms with Gasteiger partial charge in [0.25, 0.3) is 15.9 Å². The van der Waals surface area contributed by atoms with Crippen molar-refractivity contribution in [2.75, 3.05) is 16.2 Å². The second kappa shape index (κ2) is 7.90. The molecule has 1 aromatic heterocycles. The summed E-state index contributed by atoms with van der Waals surface area (Å²) in [5.74, 6) is -0.101. The third kappa shape index (κ3) is 3.48. The molecule has 1 amide bonds. The molecule has 0 saturated carbocycles. The van der Waals surface area contributed by atoms with Crippen LogP contribution in [0.15, 0.2) is 77.7 Å². The fraction of sp³-hybridized carbons (Fsp3) is 0.111. The number of aromatic nitrogens is 1. The quantitative estimate of drug-likeness (QED) is 0.312. The molecule has 4 aromatic carbocycles. The Morgan fingerprint density at radius 1 is 1.00 bits per heavy atom. The van der Waals surface area contributed by atoms with Crippen molar-refractivity contribution in [3.63, 3.8) is 0 Å². The van der Waals surface area contributed by atoms with Crippen molar-refractivity contribution < 1.29 is 13.2 Å². The first kappa shape index (κ1) is 21.8. The summed E-state index contributed by atoms with van der Waals surface area (Å²) in [7, 11) is -3.88. The monoisotopic (exact) mass is 499 g/mol. The lowest BCUT2D eigenvalue weighted by molar-refractivity contribution is 0.0994. The van der Waals surface area contributed by atoms with Crippen LogP contribution in [0.5, 0.6) is 0 Å². The second-order valence-corrected chi connectivity index (χ2v) is 11.2. The van der Waals surface area contributed by atoms with Crippen LogP contribution in [0.25, 0.3) is 31.6 Å². The maximum absolute atomic E-state index is 13.4. The zero-order valence-corrected chi connectivity index (χ0v) is 20.7. The predicted octanol–water partition coefficient (Wildman–Crippen LogP) is 6.21. The molecule has 6 nitrogen and oxygen atoms in total. The van der Waals surface area contributed by atoms with Gasteiger partial charge in [-0.1, -0.05) is 18.2 Å². The summed E-state index contributed by atoms with van der Waals surface area (Å²) in [5, 5.41) is 2.11. The molecule has 8 heteroatoms. The lowest BCUT2D eigenvalue weighted by Crippen LogP contribution is -2.25. The molecule has 0 saturated heterocycles. The number of anilines is 2. The normalized spacial score (nSPS) is 13.2. The van der Waals surface area contributed by atoms with Crippen molar-refractivity contribution in [1.29, 1.82) is 0 Å². The molecule has 0 radical (unpaired) electrons. The molecule has 0 atom stereocenters. The Balaban J connectivity index is 1.34. The molecular formula is C27H21N3O3S2. The minimum atomic E-state index is -3.88. The standard InChI is InChI=1S/C27H21N3O3S2/c1-3-30-22-13-14-24(19-5-4-6-20(25(19)22)27(30)31)35(32,33)29-18-10-8-17(9-11-18)26-28-21-12-7-16(2)15-23(21)34-26/h4-15,29H,3H2,1-2H3. The van der Waals surface area contributed by atoms with Gasteiger partial charge in [-0.3, -0.25) is 9.52 Å². The molecule has 5 aromatic rings. The first-order valence-electron chi connectivity index (χ1n) is 11.2. The maximum atomic E-state index is 13.4. The molecule has 1 aliphatic rings. The van der Waals surface area contributed by atoms with Gasteiger partial charge in [-0.25, -0.2) is 13.4 Å². The summed E-state index contributed by atoms with van der Waals surface area (Å²) < 4.78 is 30.6. The highest BCUT2D eigenvalue weighted by Crippen LogP contribution is 2.40. The van der Waals surface area contributed by atoms with Gasteiger partial charge in [-0.2, -0.15) is 0 Å². The Hall–Kier alpha value is -3.75. The van der Waals surface area contributed by atoms with E-state index in [9.17, 15) is 13.2 Å². The molecule has 1 N–H and O–H groups in total. The molecule has 2 heterocycles. The summed E-state index contributed by atoms with van der Waals surface area (Å²) in [6, 6.07) is 21.9. The fourth-order valence-corrected chi connectivity index (χ4v) is 6.95. The first-order valence-corrected chi connectivity index (χ1v) is 13.5. The van der Waals surface area contributed by atoms with Crippen LogP contribution in [0.2, 0.25) is 0 Å². The summed E-state index contributed by atoms with van der Waals surface area (Å²) in [4.78, 5) is 19.3. The van der Waals surface area contributed by atoms with Crippen LogP contribution in [0.3, 0.4) is 0 Å². The Morgan fingerprint density at radius 2 is 1.80 bits per heavy atom. The molecule has 0 aliphatic carbocycles. The highest BCUT2D eigenvalue weighted by Gasteiger charge is 2.31. The molecule has 1 aliphatic heterocycles. The van der Waals surface area contributed by atoms with Crippen LogP contribution >= 0.6 is 11.3 Å². The largest absolute Gasteiger partial charge is 0.308 e. The van der Waals surface area contributed by atoms with Gasteiger partial charge in [0.05, 0.1) is 20.8 Å². The van der Waals surface area contributed by atoms with Gasteiger partial charge >= 0.3 is 0 Å². The van der Waals surface area contributed by atoms with Gasteiger partial charge in [0.1, 0.15) is 5.01 Å². The molecule has 0 spiro atoms. The summed E-state index contributed by atoms with van der Waals surface area (Å²) in [5.41, 5.74) is 4.81. The zero-order valence-electron chi connectivity index (χ0n) is 19.1. The van der Waals surface area contributed by atoms with E-state index in [1.54, 1.807) is 58.7 Å². The van der Waals surface area contributed by atoms with Crippen LogP contribution < -0.4 is 9.62 Å². The number of carbonyl (C=O) groups is 1. The number of nitrogens with zero attached hydrogens (tertiary/aromatic N) is 2. The third-order valence-electron chi connectivity index (χ3n) is 6.28. The lowest BCUT2D eigenvalue weighted by Gasteiger charge is -2.16. The molecule has 6 rings (SSSR count). The first-order chi connectivity index (χ1) is 16.9. The van der Waals surface area contributed by atoms with Gasteiger partial charge < -0.3 is 4.90 Å². The average Bonchev–Trinajstić information content (AvgIpc) is 3.39. The van der Waals surface area contributed by atoms with Gasteiger partial charge in [0, 0.05) is 34.1 Å².